The summed E-state index contributed by atoms with van der Waals surface area (Å²) < 4.78 is 60.7. The number of aromatic nitrogens is 2. The van der Waals surface area contributed by atoms with E-state index in [9.17, 15) is 22.8 Å². The van der Waals surface area contributed by atoms with Crippen LogP contribution in [0.4, 0.5) is 24.5 Å². The largest absolute Gasteiger partial charge is 0.741 e. The van der Waals surface area contributed by atoms with E-state index >= 15 is 0 Å². The summed E-state index contributed by atoms with van der Waals surface area (Å²) in [7, 11) is -6.09. The molecule has 2 atom stereocenters. The topological polar surface area (TPSA) is 146 Å². The average molecular weight is 996 g/mol. The van der Waals surface area contributed by atoms with Crippen molar-refractivity contribution in [2.45, 2.75) is 114 Å². The van der Waals surface area contributed by atoms with Crippen LogP contribution in [0.15, 0.2) is 154 Å². The molecule has 2 heterocycles. The number of Topliss-reactive ketones (excluding diaryl/α,β-unsaturated/α-hetero) is 2. The molecule has 2 aliphatic carbocycles. The van der Waals surface area contributed by atoms with Gasteiger partial charge in [0.25, 0.3) is 5.15 Å². The number of anilines is 2. The van der Waals surface area contributed by atoms with Gasteiger partial charge in [-0.2, -0.15) is 17.7 Å². The Balaban J connectivity index is 0.00000140. The number of nitrogens with two attached hydrogens (primary N) is 1. The molecule has 4 rings (SSSR count). The number of alkyl halides is 3. The lowest BCUT2D eigenvalue weighted by molar-refractivity contribution is -0.708. The van der Waals surface area contributed by atoms with E-state index in [1.807, 2.05) is 74.9 Å². The average Bonchev–Trinajstić information content (AvgIpc) is 3.21. The lowest BCUT2D eigenvalue weighted by Crippen LogP contribution is -2.50. The molecule has 2 aromatic heterocycles. The molecule has 9 nitrogen and oxygen atoms in total. The van der Waals surface area contributed by atoms with Crippen LogP contribution in [0.2, 0.25) is 10.3 Å². The number of hydrogen-bond donors (Lipinski definition) is 2. The van der Waals surface area contributed by atoms with Crippen molar-refractivity contribution in [3.63, 3.8) is 0 Å². The number of aryl methyl sites for hydroxylation is 2. The smallest absolute Gasteiger partial charge is 0.485 e. The summed E-state index contributed by atoms with van der Waals surface area (Å²) in [6.07, 6.45) is 33.8. The fraction of sp³-hybridized carbons (Fsp3) is 0.358. The van der Waals surface area contributed by atoms with Gasteiger partial charge in [0, 0.05) is 23.8 Å². The predicted molar refractivity (Wildman–Crippen MR) is 270 cm³/mol. The number of pyridine rings is 2. The third-order valence-corrected chi connectivity index (χ3v) is 12.7. The maximum absolute atomic E-state index is 13.6. The summed E-state index contributed by atoms with van der Waals surface area (Å²) in [5.74, 6) is 0.148. The lowest BCUT2D eigenvalue weighted by Gasteiger charge is -2.37. The van der Waals surface area contributed by atoms with Crippen molar-refractivity contribution < 1.29 is 40.3 Å². The number of hydrogen-bond acceptors (Lipinski definition) is 8. The Morgan fingerprint density at radius 3 is 1.69 bits per heavy atom. The summed E-state index contributed by atoms with van der Waals surface area (Å²) >= 11 is 12.9. The molecule has 0 saturated carbocycles. The zero-order valence-electron chi connectivity index (χ0n) is 40.8. The molecule has 0 aliphatic heterocycles. The fourth-order valence-corrected chi connectivity index (χ4v) is 8.22. The van der Waals surface area contributed by atoms with Crippen molar-refractivity contribution in [3.05, 3.63) is 176 Å². The van der Waals surface area contributed by atoms with Gasteiger partial charge < -0.3 is 15.6 Å². The van der Waals surface area contributed by atoms with Crippen LogP contribution in [0.3, 0.4) is 0 Å². The molecule has 366 valence electrons. The maximum atomic E-state index is 13.6. The minimum atomic E-state index is -6.09. The van der Waals surface area contributed by atoms with Gasteiger partial charge in [0.2, 0.25) is 11.8 Å². The van der Waals surface area contributed by atoms with Gasteiger partial charge >= 0.3 is 5.51 Å². The molecule has 68 heavy (non-hydrogen) atoms. The molecule has 15 heteroatoms. The molecule has 0 amide bonds. The maximum Gasteiger partial charge on any atom is 0.485 e. The van der Waals surface area contributed by atoms with Crippen LogP contribution >= 0.6 is 23.2 Å². The second-order valence-electron chi connectivity index (χ2n) is 18.5. The van der Waals surface area contributed by atoms with Crippen LogP contribution in [0.5, 0.6) is 0 Å². The first-order chi connectivity index (χ1) is 31.4. The zero-order chi connectivity index (χ0) is 51.5. The zero-order valence-corrected chi connectivity index (χ0v) is 43.1. The number of allylic oxidation sites excluding steroid dienone is 21. The predicted octanol–water partition coefficient (Wildman–Crippen LogP) is 13.1. The van der Waals surface area contributed by atoms with Crippen molar-refractivity contribution in [1.82, 2.24) is 4.98 Å². The molecule has 0 aromatic carbocycles. The molecular weight excluding hydrogens is 933 g/mol. The number of carbonyl (C=O) groups excluding carboxylic acids is 2. The minimum Gasteiger partial charge on any atom is -0.741 e. The standard InChI is InChI=1S/C52H63Cl2N4O2.CHF3O3S/c1-33(19-15-21-35(3)23-25-41-39(7)47(59)45(29-51(41,9)10)57-44-28-37(5)31-56-49(44)53)17-13-14-18-34(2)20-16-22-36(4)24-26-42-40(8)48(60)46(30-52(42,11)12)58-32-38(6)27-43(55)50(58)54;2-1(3,4)8(5,6)7/h13-28,31-32,45-46,57H,29-30,55H2,1-12H3;(H,5,6,7)/q+1;/p-1/b14-13+,19-15+,20-16+,25-23+,26-24+,33-17+,34-18+,35-21+,36-22+;. The molecule has 2 aromatic rings. The number of rotatable bonds is 13. The molecule has 0 fully saturated rings. The summed E-state index contributed by atoms with van der Waals surface area (Å²) in [5, 5.41) is 4.12. The van der Waals surface area contributed by atoms with Gasteiger partial charge in [0.15, 0.2) is 27.3 Å². The highest BCUT2D eigenvalue weighted by Gasteiger charge is 2.44. The second-order valence-corrected chi connectivity index (χ2v) is 20.6. The summed E-state index contributed by atoms with van der Waals surface area (Å²) in [6.45, 7) is 24.7. The van der Waals surface area contributed by atoms with Crippen molar-refractivity contribution in [2.75, 3.05) is 11.1 Å². The summed E-state index contributed by atoms with van der Waals surface area (Å²) in [6, 6.07) is 2.99. The Labute approximate surface area is 410 Å². The highest BCUT2D eigenvalue weighted by atomic mass is 35.5. The monoisotopic (exact) mass is 994 g/mol. The van der Waals surface area contributed by atoms with E-state index in [-0.39, 0.29) is 28.4 Å². The Morgan fingerprint density at radius 1 is 0.765 bits per heavy atom. The normalized spacial score (nSPS) is 20.2. The van der Waals surface area contributed by atoms with E-state index in [1.165, 1.54) is 0 Å². The Bertz CT molecular complexity index is 2730. The van der Waals surface area contributed by atoms with Crippen molar-refractivity contribution in [1.29, 1.82) is 0 Å². The first kappa shape index (κ1) is 57.0. The van der Waals surface area contributed by atoms with Gasteiger partial charge in [0.05, 0.1) is 11.7 Å². The number of nitrogen functional groups attached to an aromatic ring is 1. The lowest BCUT2D eigenvalue weighted by atomic mass is 9.70. The molecule has 3 N–H and O–H groups in total. The van der Waals surface area contributed by atoms with Crippen LogP contribution in [0.1, 0.15) is 99.2 Å². The van der Waals surface area contributed by atoms with E-state index in [0.29, 0.717) is 34.5 Å². The Kier molecular flexibility index (Phi) is 19.9. The van der Waals surface area contributed by atoms with Crippen molar-refractivity contribution >= 4 is 56.3 Å². The van der Waals surface area contributed by atoms with E-state index in [2.05, 4.69) is 126 Å². The van der Waals surface area contributed by atoms with Crippen LogP contribution in [0, 0.1) is 24.7 Å². The van der Waals surface area contributed by atoms with Gasteiger partial charge in [0.1, 0.15) is 5.69 Å². The van der Waals surface area contributed by atoms with Gasteiger partial charge in [-0.3, -0.25) is 9.59 Å². The summed E-state index contributed by atoms with van der Waals surface area (Å²) in [5.41, 5.74) is 11.2. The highest BCUT2D eigenvalue weighted by molar-refractivity contribution is 7.86. The van der Waals surface area contributed by atoms with Crippen LogP contribution in [-0.2, 0) is 19.7 Å². The van der Waals surface area contributed by atoms with Crippen molar-refractivity contribution in [3.8, 4) is 0 Å². The van der Waals surface area contributed by atoms with Crippen LogP contribution in [-0.4, -0.2) is 41.1 Å². The van der Waals surface area contributed by atoms with Gasteiger partial charge in [-0.05, 0) is 119 Å². The van der Waals surface area contributed by atoms with Gasteiger partial charge in [-0.15, -0.1) is 0 Å². The third-order valence-electron chi connectivity index (χ3n) is 11.4. The molecule has 2 unspecified atom stereocenters. The van der Waals surface area contributed by atoms with E-state index < -0.39 is 21.7 Å². The first-order valence-corrected chi connectivity index (χ1v) is 24.0. The van der Waals surface area contributed by atoms with Crippen molar-refractivity contribution in [2.24, 2.45) is 10.8 Å². The number of carbonyl (C=O) groups is 2. The number of halogens is 5. The minimum absolute atomic E-state index is 0.0672. The summed E-state index contributed by atoms with van der Waals surface area (Å²) in [4.78, 5) is 31.2. The van der Waals surface area contributed by atoms with Crippen LogP contribution < -0.4 is 15.6 Å². The van der Waals surface area contributed by atoms with E-state index in [4.69, 9.17) is 41.9 Å². The molecular formula is C53H63Cl2F3N4O5S. The van der Waals surface area contributed by atoms with E-state index in [0.717, 1.165) is 55.7 Å². The quantitative estimate of drug-likeness (QED) is 0.0663. The molecule has 0 radical (unpaired) electrons. The van der Waals surface area contributed by atoms with E-state index in [1.54, 1.807) is 6.20 Å². The SMILES string of the molecule is CC1=C(/C=C/C(C)=C/C=C/C(C)=C/C=C/C=C(C)/C=C/C=C(C)/C=C/C2=C(C)C(=O)C([n+]3cc(C)cc(N)c3Cl)CC2(C)C)C(C)(C)CC(Nc2cc(C)cnc2Cl)C1=O.O=S(=O)([O-])C(F)(F)F. The molecule has 0 bridgehead atoms. The number of ketones is 2. The number of nitrogens with zero attached hydrogens (tertiary/aromatic N) is 2. The second kappa shape index (κ2) is 23.8. The van der Waals surface area contributed by atoms with Gasteiger partial charge in [-0.1, -0.05) is 147 Å². The highest BCUT2D eigenvalue weighted by Crippen LogP contribution is 2.44. The number of nitrogens with one attached hydrogen (secondary N) is 1. The molecule has 0 saturated heterocycles. The third kappa shape index (κ3) is 16.1. The van der Waals surface area contributed by atoms with Gasteiger partial charge in [-0.25, -0.2) is 13.4 Å². The molecule has 2 aliphatic rings. The first-order valence-electron chi connectivity index (χ1n) is 21.8. The Morgan fingerprint density at radius 2 is 1.21 bits per heavy atom. The van der Waals surface area contributed by atoms with Crippen LogP contribution in [0.25, 0.3) is 0 Å². The fourth-order valence-electron chi connectivity index (χ4n) is 7.84. The molecule has 0 spiro atoms. The Hall–Kier alpha value is -5.34.